The number of rotatable bonds is 22. The van der Waals surface area contributed by atoms with Crippen molar-refractivity contribution in [2.75, 3.05) is 61.0 Å². The van der Waals surface area contributed by atoms with Crippen LogP contribution in [0, 0.1) is 0 Å². The van der Waals surface area contributed by atoms with Crippen molar-refractivity contribution in [3.05, 3.63) is 84.9 Å². The first kappa shape index (κ1) is 63.4. The van der Waals surface area contributed by atoms with Crippen LogP contribution < -0.4 is 89.5 Å². The van der Waals surface area contributed by atoms with Crippen LogP contribution in [0.1, 0.15) is 40.5 Å². The van der Waals surface area contributed by atoms with E-state index in [0.29, 0.717) is 48.3 Å². The summed E-state index contributed by atoms with van der Waals surface area (Å²) in [6.07, 6.45) is 0.461. The molecule has 67 heavy (non-hydrogen) atoms. The summed E-state index contributed by atoms with van der Waals surface area (Å²) in [5, 5.41) is 19.2. The van der Waals surface area contributed by atoms with Gasteiger partial charge >= 0.3 is 29.7 Å². The number of nitrogens with two attached hydrogens (primary N) is 2. The van der Waals surface area contributed by atoms with E-state index in [1.807, 2.05) is 108 Å². The summed E-state index contributed by atoms with van der Waals surface area (Å²) in [7, 11) is 0. The Hall–Kier alpha value is -3.64. The van der Waals surface area contributed by atoms with E-state index < -0.39 is 0 Å². The molecule has 0 saturated heterocycles. The SMILES string of the molecule is CCOc1ccc2c(c1)sc(N=Nc1ccc(N(CC)CCCl)cc1)[n+]2CCC(N)=O.CCOc1ccc2c(c1)sc(N=Nc1ccc(N(CC)CCCl)cc1)[n+]2CCC(N)=O.[Cl-].[Cl-].[Cl-].[Cl-].[Zn+2]. The number of aromatic nitrogens is 2. The summed E-state index contributed by atoms with van der Waals surface area (Å²) < 4.78 is 17.2. The maximum absolute atomic E-state index is 11.3. The second-order valence-electron chi connectivity index (χ2n) is 13.6. The molecule has 0 aliphatic carbocycles. The molecular weight excluding hydrogens is 1070 g/mol. The smallest absolute Gasteiger partial charge is 1.00 e. The molecule has 0 atom stereocenters. The van der Waals surface area contributed by atoms with Gasteiger partial charge < -0.3 is 80.4 Å². The third kappa shape index (κ3) is 18.7. The molecule has 6 aromatic rings. The number of halogens is 6. The molecule has 0 aliphatic rings. The molecule has 14 nitrogen and oxygen atoms in total. The number of azo groups is 2. The largest absolute Gasteiger partial charge is 2.00 e. The number of hydrogen-bond acceptors (Lipinski definition) is 12. The Labute approximate surface area is 447 Å². The average molecular weight is 1130 g/mol. The number of alkyl halides is 2. The summed E-state index contributed by atoms with van der Waals surface area (Å²) in [6.45, 7) is 13.6. The van der Waals surface area contributed by atoms with E-state index in [9.17, 15) is 9.59 Å². The van der Waals surface area contributed by atoms with Gasteiger partial charge in [0.05, 0.1) is 45.7 Å². The minimum absolute atomic E-state index is 0. The van der Waals surface area contributed by atoms with Crippen LogP contribution >= 0.6 is 45.9 Å². The van der Waals surface area contributed by atoms with E-state index in [1.165, 1.54) is 22.7 Å². The van der Waals surface area contributed by atoms with Crippen LogP contribution in [-0.2, 0) is 42.2 Å². The predicted octanol–water partition coefficient (Wildman–Crippen LogP) is -2.10. The summed E-state index contributed by atoms with van der Waals surface area (Å²) in [4.78, 5) is 27.1. The van der Waals surface area contributed by atoms with Gasteiger partial charge in [0.2, 0.25) is 11.8 Å². The number of anilines is 2. The van der Waals surface area contributed by atoms with Crippen LogP contribution in [0.5, 0.6) is 11.5 Å². The van der Waals surface area contributed by atoms with Gasteiger partial charge in [0, 0.05) is 61.4 Å². The molecule has 0 aliphatic heterocycles. The van der Waals surface area contributed by atoms with E-state index >= 15 is 0 Å². The molecule has 2 amide bonds. The molecule has 360 valence electrons. The second kappa shape index (κ2) is 33.0. The number of fused-ring (bicyclic) bond motifs is 2. The molecular formula is C44H54Cl6N10O4S2Zn. The number of amides is 2. The Balaban J connectivity index is 0.00000121. The molecule has 0 fully saturated rings. The van der Waals surface area contributed by atoms with E-state index in [2.05, 4.69) is 44.1 Å². The van der Waals surface area contributed by atoms with Crippen LogP contribution in [0.2, 0.25) is 0 Å². The number of ether oxygens (including phenoxy) is 2. The first-order valence-electron chi connectivity index (χ1n) is 20.5. The molecule has 6 rings (SSSR count). The predicted molar refractivity (Wildman–Crippen MR) is 252 cm³/mol. The maximum Gasteiger partial charge on any atom is 2.00 e. The monoisotopic (exact) mass is 1120 g/mol. The van der Waals surface area contributed by atoms with Crippen LogP contribution in [-0.4, -0.2) is 63.0 Å². The number of hydrogen-bond donors (Lipinski definition) is 2. The molecule has 2 heterocycles. The number of carbonyl (C=O) groups excluding carboxylic acids is 2. The van der Waals surface area contributed by atoms with Crippen LogP contribution in [0.25, 0.3) is 20.4 Å². The fourth-order valence-electron chi connectivity index (χ4n) is 6.45. The quantitative estimate of drug-likeness (QED) is 0.0342. The zero-order valence-corrected chi connectivity index (χ0v) is 46.9. The van der Waals surface area contributed by atoms with E-state index in [0.717, 1.165) is 80.9 Å². The zero-order chi connectivity index (χ0) is 44.4. The van der Waals surface area contributed by atoms with Crippen molar-refractivity contribution in [3.8, 4) is 11.5 Å². The van der Waals surface area contributed by atoms with Crippen molar-refractivity contribution in [1.82, 2.24) is 0 Å². The number of thiazole rings is 2. The minimum Gasteiger partial charge on any atom is -1.00 e. The Morgan fingerprint density at radius 2 is 0.940 bits per heavy atom. The number of benzene rings is 4. The molecule has 4 N–H and O–H groups in total. The van der Waals surface area contributed by atoms with Gasteiger partial charge in [-0.25, -0.2) is 9.13 Å². The Morgan fingerprint density at radius 1 is 0.582 bits per heavy atom. The molecule has 0 saturated carbocycles. The van der Waals surface area contributed by atoms with E-state index in [4.69, 9.17) is 44.1 Å². The van der Waals surface area contributed by atoms with Crippen molar-refractivity contribution in [2.24, 2.45) is 31.9 Å². The molecule has 0 bridgehead atoms. The van der Waals surface area contributed by atoms with Gasteiger partial charge in [-0.2, -0.15) is 0 Å². The Bertz CT molecular complexity index is 2300. The average Bonchev–Trinajstić information content (AvgIpc) is 3.81. The summed E-state index contributed by atoms with van der Waals surface area (Å²) in [6, 6.07) is 27.6. The van der Waals surface area contributed by atoms with Gasteiger partial charge in [-0.1, -0.05) is 0 Å². The molecule has 0 spiro atoms. The third-order valence-electron chi connectivity index (χ3n) is 9.50. The first-order chi connectivity index (χ1) is 30.1. The van der Waals surface area contributed by atoms with Crippen molar-refractivity contribution < 1.29 is 97.3 Å². The topological polar surface area (TPSA) is 168 Å². The second-order valence-corrected chi connectivity index (χ2v) is 16.4. The normalized spacial score (nSPS) is 10.5. The fraction of sp³-hybridized carbons (Fsp3) is 0.364. The van der Waals surface area contributed by atoms with Crippen molar-refractivity contribution in [1.29, 1.82) is 0 Å². The summed E-state index contributed by atoms with van der Waals surface area (Å²) >= 11 is 14.8. The number of aryl methyl sites for hydroxylation is 2. The molecule has 0 unspecified atom stereocenters. The minimum atomic E-state index is -0.353. The number of primary amides is 2. The van der Waals surface area contributed by atoms with E-state index in [-0.39, 0.29) is 93.8 Å². The number of carbonyl (C=O) groups is 2. The van der Waals surface area contributed by atoms with Crippen LogP contribution in [0.15, 0.2) is 105 Å². The maximum atomic E-state index is 11.3. The van der Waals surface area contributed by atoms with E-state index in [1.54, 1.807) is 0 Å². The molecule has 4 aromatic carbocycles. The Kier molecular flexibility index (Phi) is 31.2. The summed E-state index contributed by atoms with van der Waals surface area (Å²) in [5.74, 6) is 2.06. The fourth-order valence-corrected chi connectivity index (χ4v) is 8.93. The number of nitrogens with zero attached hydrogens (tertiary/aromatic N) is 8. The van der Waals surface area contributed by atoms with Crippen LogP contribution in [0.4, 0.5) is 33.0 Å². The molecule has 2 aromatic heterocycles. The Morgan fingerprint density at radius 3 is 1.24 bits per heavy atom. The summed E-state index contributed by atoms with van der Waals surface area (Å²) in [5.41, 5.74) is 16.4. The van der Waals surface area contributed by atoms with Gasteiger partial charge in [-0.3, -0.25) is 9.59 Å². The third-order valence-corrected chi connectivity index (χ3v) is 11.9. The van der Waals surface area contributed by atoms with Crippen molar-refractivity contribution in [3.63, 3.8) is 0 Å². The molecule has 23 heteroatoms. The van der Waals surface area contributed by atoms with Gasteiger partial charge in [0.1, 0.15) is 47.0 Å². The van der Waals surface area contributed by atoms with Crippen molar-refractivity contribution in [2.45, 2.75) is 53.6 Å². The standard InChI is InChI=1S/2C22H26ClN5O2S.4ClH.Zn/c2*1-3-27(14-12-23)17-7-5-16(6-8-17)25-26-22-28(13-11-21(24)29)19-10-9-18(30-4-2)15-20(19)31-22;;;;;/h2*5-10,15H,3-4,11-14H2,1-2H3,(H-,24,29);4*1H;/q;;;;;;+2/p-2. The molecule has 0 radical (unpaired) electrons. The van der Waals surface area contributed by atoms with Gasteiger partial charge in [-0.15, -0.1) is 23.2 Å². The van der Waals surface area contributed by atoms with Gasteiger partial charge in [0.15, 0.2) is 0 Å². The van der Waals surface area contributed by atoms with Gasteiger partial charge in [0.25, 0.3) is 0 Å². The van der Waals surface area contributed by atoms with Crippen LogP contribution in [0.3, 0.4) is 0 Å². The van der Waals surface area contributed by atoms with Gasteiger partial charge in [-0.05, 0) is 133 Å². The van der Waals surface area contributed by atoms with Crippen molar-refractivity contribution >= 4 is 111 Å². The first-order valence-corrected chi connectivity index (χ1v) is 23.2. The zero-order valence-electron chi connectivity index (χ0n) is 37.7.